The second kappa shape index (κ2) is 3.77. The first-order chi connectivity index (χ1) is 6.99. The Kier molecular flexibility index (Phi) is 2.75. The van der Waals surface area contributed by atoms with Gasteiger partial charge in [-0.05, 0) is 38.0 Å². The summed E-state index contributed by atoms with van der Waals surface area (Å²) in [5.41, 5.74) is 0. The fourth-order valence-corrected chi connectivity index (χ4v) is 3.50. The lowest BCUT2D eigenvalue weighted by Crippen LogP contribution is -2.36. The zero-order valence-corrected chi connectivity index (χ0v) is 9.72. The van der Waals surface area contributed by atoms with Crippen LogP contribution in [-0.2, 0) is 14.8 Å². The molecule has 2 aliphatic carbocycles. The van der Waals surface area contributed by atoms with Gasteiger partial charge in [0.25, 0.3) is 0 Å². The van der Waals surface area contributed by atoms with Crippen molar-refractivity contribution in [1.29, 1.82) is 0 Å². The number of carbonyl (C=O) groups is 1. The molecule has 1 N–H and O–H groups in total. The standard InChI is InChI=1S/C10H17NO3S/c1-7-2-3-8(6-7)10(12)11-15(13,14)9-4-5-9/h7-9H,2-6H2,1H3,(H,11,12). The van der Waals surface area contributed by atoms with Gasteiger partial charge in [-0.1, -0.05) is 6.92 Å². The lowest BCUT2D eigenvalue weighted by molar-refractivity contribution is -0.123. The quantitative estimate of drug-likeness (QED) is 0.789. The number of sulfonamides is 1. The second-order valence-corrected chi connectivity index (χ2v) is 6.79. The predicted molar refractivity (Wildman–Crippen MR) is 56.6 cm³/mol. The van der Waals surface area contributed by atoms with Crippen molar-refractivity contribution >= 4 is 15.9 Å². The van der Waals surface area contributed by atoms with Gasteiger partial charge in [-0.25, -0.2) is 8.42 Å². The van der Waals surface area contributed by atoms with Gasteiger partial charge in [0.05, 0.1) is 5.25 Å². The van der Waals surface area contributed by atoms with Crippen LogP contribution in [0.15, 0.2) is 0 Å². The highest BCUT2D eigenvalue weighted by molar-refractivity contribution is 7.90. The average Bonchev–Trinajstić information content (AvgIpc) is 2.89. The molecule has 2 aliphatic rings. The van der Waals surface area contributed by atoms with Gasteiger partial charge in [-0.2, -0.15) is 0 Å². The number of rotatable bonds is 3. The van der Waals surface area contributed by atoms with E-state index in [1.807, 2.05) is 0 Å². The van der Waals surface area contributed by atoms with Gasteiger partial charge in [0.2, 0.25) is 15.9 Å². The molecule has 0 heterocycles. The minimum absolute atomic E-state index is 0.0893. The summed E-state index contributed by atoms with van der Waals surface area (Å²) in [5, 5.41) is -0.305. The molecule has 15 heavy (non-hydrogen) atoms. The fourth-order valence-electron chi connectivity index (χ4n) is 2.13. The van der Waals surface area contributed by atoms with E-state index in [4.69, 9.17) is 0 Å². The first-order valence-corrected chi connectivity index (χ1v) is 7.09. The zero-order chi connectivity index (χ0) is 11.1. The van der Waals surface area contributed by atoms with Crippen molar-refractivity contribution < 1.29 is 13.2 Å². The van der Waals surface area contributed by atoms with Gasteiger partial charge in [-0.3, -0.25) is 9.52 Å². The highest BCUT2D eigenvalue weighted by Gasteiger charge is 2.38. The summed E-state index contributed by atoms with van der Waals surface area (Å²) < 4.78 is 25.2. The normalized spacial score (nSPS) is 31.5. The maximum atomic E-state index is 11.6. The van der Waals surface area contributed by atoms with Crippen LogP contribution >= 0.6 is 0 Å². The summed E-state index contributed by atoms with van der Waals surface area (Å²) in [6.07, 6.45) is 4.08. The van der Waals surface area contributed by atoms with Crippen LogP contribution in [0.5, 0.6) is 0 Å². The number of hydrogen-bond acceptors (Lipinski definition) is 3. The average molecular weight is 231 g/mol. The molecular weight excluding hydrogens is 214 g/mol. The van der Waals surface area contributed by atoms with E-state index in [-0.39, 0.29) is 17.1 Å². The third-order valence-electron chi connectivity index (χ3n) is 3.27. The van der Waals surface area contributed by atoms with Crippen molar-refractivity contribution in [2.75, 3.05) is 0 Å². The van der Waals surface area contributed by atoms with Crippen LogP contribution in [-0.4, -0.2) is 19.6 Å². The van der Waals surface area contributed by atoms with Gasteiger partial charge >= 0.3 is 0 Å². The van der Waals surface area contributed by atoms with Crippen molar-refractivity contribution in [3.63, 3.8) is 0 Å². The Morgan fingerprint density at radius 3 is 2.33 bits per heavy atom. The molecule has 2 unspecified atom stereocenters. The first kappa shape index (κ1) is 10.9. The minimum Gasteiger partial charge on any atom is -0.274 e. The number of carbonyl (C=O) groups excluding carboxylic acids is 1. The molecule has 2 fully saturated rings. The molecule has 86 valence electrons. The third kappa shape index (κ3) is 2.51. The Morgan fingerprint density at radius 2 is 1.87 bits per heavy atom. The highest BCUT2D eigenvalue weighted by atomic mass is 32.2. The molecule has 5 heteroatoms. The summed E-state index contributed by atoms with van der Waals surface area (Å²) >= 11 is 0. The topological polar surface area (TPSA) is 63.2 Å². The Morgan fingerprint density at radius 1 is 1.20 bits per heavy atom. The molecule has 0 saturated heterocycles. The van der Waals surface area contributed by atoms with E-state index in [0.29, 0.717) is 18.8 Å². The molecule has 4 nitrogen and oxygen atoms in total. The van der Waals surface area contributed by atoms with E-state index >= 15 is 0 Å². The second-order valence-electron chi connectivity index (χ2n) is 4.83. The van der Waals surface area contributed by atoms with Crippen LogP contribution in [0.25, 0.3) is 0 Å². The van der Waals surface area contributed by atoms with Gasteiger partial charge in [0.15, 0.2) is 0 Å². The van der Waals surface area contributed by atoms with E-state index in [1.165, 1.54) is 0 Å². The van der Waals surface area contributed by atoms with Gasteiger partial charge in [0, 0.05) is 5.92 Å². The number of nitrogens with one attached hydrogen (secondary N) is 1. The lowest BCUT2D eigenvalue weighted by Gasteiger charge is -2.10. The zero-order valence-electron chi connectivity index (χ0n) is 8.90. The summed E-state index contributed by atoms with van der Waals surface area (Å²) in [6, 6.07) is 0. The van der Waals surface area contributed by atoms with Crippen molar-refractivity contribution in [2.24, 2.45) is 11.8 Å². The van der Waals surface area contributed by atoms with Crippen molar-refractivity contribution in [2.45, 2.75) is 44.3 Å². The number of amides is 1. The molecule has 0 bridgehead atoms. The Hall–Kier alpha value is -0.580. The maximum Gasteiger partial charge on any atom is 0.237 e. The third-order valence-corrected chi connectivity index (χ3v) is 5.11. The molecule has 1 amide bonds. The summed E-state index contributed by atoms with van der Waals surface area (Å²) in [6.45, 7) is 2.10. The van der Waals surface area contributed by atoms with Crippen molar-refractivity contribution in [1.82, 2.24) is 4.72 Å². The van der Waals surface area contributed by atoms with Crippen LogP contribution in [0.4, 0.5) is 0 Å². The molecule has 0 aromatic rings. The monoisotopic (exact) mass is 231 g/mol. The van der Waals surface area contributed by atoms with Crippen LogP contribution < -0.4 is 4.72 Å². The van der Waals surface area contributed by atoms with E-state index in [1.54, 1.807) is 0 Å². The smallest absolute Gasteiger partial charge is 0.237 e. The van der Waals surface area contributed by atoms with Gasteiger partial charge < -0.3 is 0 Å². The number of hydrogen-bond donors (Lipinski definition) is 1. The molecule has 2 rings (SSSR count). The molecule has 0 radical (unpaired) electrons. The molecule has 2 saturated carbocycles. The summed E-state index contributed by atoms with van der Waals surface area (Å²) in [4.78, 5) is 11.6. The van der Waals surface area contributed by atoms with Crippen molar-refractivity contribution in [3.05, 3.63) is 0 Å². The maximum absolute atomic E-state index is 11.6. The lowest BCUT2D eigenvalue weighted by atomic mass is 10.1. The largest absolute Gasteiger partial charge is 0.274 e. The fraction of sp³-hybridized carbons (Fsp3) is 0.900. The summed E-state index contributed by atoms with van der Waals surface area (Å²) in [7, 11) is -3.34. The molecular formula is C10H17NO3S. The Bertz CT molecular complexity index is 359. The molecule has 0 spiro atoms. The summed E-state index contributed by atoms with van der Waals surface area (Å²) in [5.74, 6) is 0.171. The van der Waals surface area contributed by atoms with Crippen LogP contribution in [0.3, 0.4) is 0 Å². The Balaban J connectivity index is 1.92. The van der Waals surface area contributed by atoms with Crippen LogP contribution in [0, 0.1) is 11.8 Å². The van der Waals surface area contributed by atoms with Crippen molar-refractivity contribution in [3.8, 4) is 0 Å². The van der Waals surface area contributed by atoms with Gasteiger partial charge in [-0.15, -0.1) is 0 Å². The van der Waals surface area contributed by atoms with Crippen LogP contribution in [0.1, 0.15) is 39.0 Å². The SMILES string of the molecule is CC1CCC(C(=O)NS(=O)(=O)C2CC2)C1. The van der Waals surface area contributed by atoms with E-state index in [0.717, 1.165) is 19.3 Å². The molecule has 0 aromatic heterocycles. The Labute approximate surface area is 90.5 Å². The first-order valence-electron chi connectivity index (χ1n) is 5.54. The van der Waals surface area contributed by atoms with E-state index in [2.05, 4.69) is 11.6 Å². The molecule has 0 aliphatic heterocycles. The predicted octanol–water partition coefficient (Wildman–Crippen LogP) is 1.03. The molecule has 2 atom stereocenters. The van der Waals surface area contributed by atoms with E-state index in [9.17, 15) is 13.2 Å². The minimum atomic E-state index is -3.34. The highest BCUT2D eigenvalue weighted by Crippen LogP contribution is 2.32. The van der Waals surface area contributed by atoms with E-state index < -0.39 is 10.0 Å². The molecule has 0 aromatic carbocycles. The van der Waals surface area contributed by atoms with Gasteiger partial charge in [0.1, 0.15) is 0 Å². The van der Waals surface area contributed by atoms with Crippen LogP contribution in [0.2, 0.25) is 0 Å².